The van der Waals surface area contributed by atoms with Gasteiger partial charge < -0.3 is 4.74 Å². The Balaban J connectivity index is 2.21. The van der Waals surface area contributed by atoms with Crippen LogP contribution >= 0.6 is 15.9 Å². The summed E-state index contributed by atoms with van der Waals surface area (Å²) >= 11 is 3.03. The van der Waals surface area contributed by atoms with Crippen LogP contribution in [0.3, 0.4) is 0 Å². The van der Waals surface area contributed by atoms with Crippen LogP contribution in [0.1, 0.15) is 18.5 Å². The van der Waals surface area contributed by atoms with Crippen molar-refractivity contribution in [3.8, 4) is 5.75 Å². The van der Waals surface area contributed by atoms with Gasteiger partial charge in [0.05, 0.1) is 16.8 Å². The van der Waals surface area contributed by atoms with E-state index in [2.05, 4.69) is 20.9 Å². The van der Waals surface area contributed by atoms with Crippen molar-refractivity contribution in [1.29, 1.82) is 0 Å². The van der Waals surface area contributed by atoms with Crippen LogP contribution in [-0.4, -0.2) is 11.1 Å². The Bertz CT molecular complexity index is 376. The van der Waals surface area contributed by atoms with E-state index in [1.165, 1.54) is 0 Å². The summed E-state index contributed by atoms with van der Waals surface area (Å²) < 4.78 is 42.4. The van der Waals surface area contributed by atoms with Crippen LogP contribution in [0.15, 0.2) is 16.7 Å². The molecule has 0 bridgehead atoms. The third-order valence-electron chi connectivity index (χ3n) is 1.93. The van der Waals surface area contributed by atoms with Gasteiger partial charge in [-0.05, 0) is 34.8 Å². The summed E-state index contributed by atoms with van der Waals surface area (Å²) in [5.74, 6) is 0.366. The fourth-order valence-corrected chi connectivity index (χ4v) is 1.44. The third-order valence-corrected chi connectivity index (χ3v) is 2.55. The molecule has 0 aliphatic heterocycles. The predicted octanol–water partition coefficient (Wildman–Crippen LogP) is 3.40. The van der Waals surface area contributed by atoms with Gasteiger partial charge in [-0.2, -0.15) is 13.2 Å². The van der Waals surface area contributed by atoms with Gasteiger partial charge >= 0.3 is 6.18 Å². The molecule has 1 heterocycles. The van der Waals surface area contributed by atoms with Gasteiger partial charge in [0.15, 0.2) is 5.75 Å². The van der Waals surface area contributed by atoms with Crippen molar-refractivity contribution >= 4 is 15.9 Å². The minimum Gasteiger partial charge on any atom is -0.488 e. The van der Waals surface area contributed by atoms with Crippen LogP contribution < -0.4 is 4.74 Å². The maximum atomic E-state index is 12.3. The normalized spacial score (nSPS) is 16.5. The maximum Gasteiger partial charge on any atom is 0.433 e. The first-order chi connectivity index (χ1) is 6.97. The molecule has 1 saturated carbocycles. The lowest BCUT2D eigenvalue weighted by molar-refractivity contribution is -0.141. The van der Waals surface area contributed by atoms with Crippen molar-refractivity contribution in [2.45, 2.75) is 25.1 Å². The van der Waals surface area contributed by atoms with E-state index in [0.717, 1.165) is 25.1 Å². The molecule has 0 unspecified atom stereocenters. The SMILES string of the molecule is FC(F)(F)c1cc(Br)c(OC2CC2)cn1. The fourth-order valence-electron chi connectivity index (χ4n) is 1.03. The molecule has 0 atom stereocenters. The van der Waals surface area contributed by atoms with Crippen molar-refractivity contribution in [3.63, 3.8) is 0 Å². The van der Waals surface area contributed by atoms with Gasteiger partial charge in [-0.1, -0.05) is 0 Å². The summed E-state index contributed by atoms with van der Waals surface area (Å²) in [4.78, 5) is 3.31. The molecule has 1 fully saturated rings. The van der Waals surface area contributed by atoms with E-state index >= 15 is 0 Å². The first-order valence-electron chi connectivity index (χ1n) is 4.36. The first kappa shape index (κ1) is 10.7. The highest BCUT2D eigenvalue weighted by Gasteiger charge is 2.33. The summed E-state index contributed by atoms with van der Waals surface area (Å²) in [5, 5.41) is 0. The largest absolute Gasteiger partial charge is 0.488 e. The second kappa shape index (κ2) is 3.66. The number of rotatable bonds is 2. The maximum absolute atomic E-state index is 12.3. The van der Waals surface area contributed by atoms with E-state index in [4.69, 9.17) is 4.74 Å². The Hall–Kier alpha value is -0.780. The van der Waals surface area contributed by atoms with Crippen LogP contribution in [0.25, 0.3) is 0 Å². The van der Waals surface area contributed by atoms with E-state index in [1.807, 2.05) is 0 Å². The summed E-state index contributed by atoms with van der Waals surface area (Å²) in [6, 6.07) is 0.928. The van der Waals surface area contributed by atoms with E-state index in [0.29, 0.717) is 5.75 Å². The molecule has 6 heteroatoms. The topological polar surface area (TPSA) is 22.1 Å². The second-order valence-electron chi connectivity index (χ2n) is 3.31. The Morgan fingerprint density at radius 1 is 1.40 bits per heavy atom. The summed E-state index contributed by atoms with van der Waals surface area (Å²) in [5.41, 5.74) is -0.919. The zero-order valence-corrected chi connectivity index (χ0v) is 9.10. The van der Waals surface area contributed by atoms with Crippen LogP contribution in [0, 0.1) is 0 Å². The average molecular weight is 282 g/mol. The number of halogens is 4. The molecule has 2 nitrogen and oxygen atoms in total. The van der Waals surface area contributed by atoms with Gasteiger partial charge in [-0.3, -0.25) is 0 Å². The fraction of sp³-hybridized carbons (Fsp3) is 0.444. The van der Waals surface area contributed by atoms with Crippen LogP contribution in [-0.2, 0) is 6.18 Å². The molecule has 0 saturated heterocycles. The highest BCUT2D eigenvalue weighted by Crippen LogP contribution is 2.35. The zero-order valence-electron chi connectivity index (χ0n) is 7.51. The molecule has 0 amide bonds. The minimum absolute atomic E-state index is 0.139. The van der Waals surface area contributed by atoms with Gasteiger partial charge in [0, 0.05) is 0 Å². The lowest BCUT2D eigenvalue weighted by Crippen LogP contribution is -2.08. The molecule has 1 aromatic heterocycles. The number of alkyl halides is 3. The lowest BCUT2D eigenvalue weighted by atomic mass is 10.3. The molecule has 2 rings (SSSR count). The van der Waals surface area contributed by atoms with Crippen LogP contribution in [0.2, 0.25) is 0 Å². The van der Waals surface area contributed by atoms with Gasteiger partial charge in [0.1, 0.15) is 5.69 Å². The Labute approximate surface area is 92.6 Å². The molecule has 1 aliphatic rings. The molecule has 1 aliphatic carbocycles. The van der Waals surface area contributed by atoms with E-state index in [1.54, 1.807) is 0 Å². The number of ether oxygens (including phenoxy) is 1. The van der Waals surface area contributed by atoms with Crippen molar-refractivity contribution in [2.75, 3.05) is 0 Å². The molecule has 0 N–H and O–H groups in total. The minimum atomic E-state index is -4.42. The Kier molecular flexibility index (Phi) is 2.62. The third kappa shape index (κ3) is 2.62. The molecule has 1 aromatic rings. The number of nitrogens with zero attached hydrogens (tertiary/aromatic N) is 1. The molecular weight excluding hydrogens is 275 g/mol. The molecule has 15 heavy (non-hydrogen) atoms. The quantitative estimate of drug-likeness (QED) is 0.829. The van der Waals surface area contributed by atoms with Crippen molar-refractivity contribution in [3.05, 3.63) is 22.4 Å². The summed E-state index contributed by atoms with van der Waals surface area (Å²) in [6.07, 6.45) is -1.27. The van der Waals surface area contributed by atoms with Crippen molar-refractivity contribution in [2.24, 2.45) is 0 Å². The van der Waals surface area contributed by atoms with E-state index in [-0.39, 0.29) is 10.6 Å². The molecular formula is C9H7BrF3NO. The smallest absolute Gasteiger partial charge is 0.433 e. The van der Waals surface area contributed by atoms with E-state index < -0.39 is 11.9 Å². The predicted molar refractivity (Wildman–Crippen MR) is 50.6 cm³/mol. The Morgan fingerprint density at radius 2 is 2.07 bits per heavy atom. The molecule has 0 radical (unpaired) electrons. The standard InChI is InChI=1S/C9H7BrF3NO/c10-6-3-8(9(11,12)13)14-4-7(6)15-5-1-2-5/h3-5H,1-2H2. The first-order valence-corrected chi connectivity index (χ1v) is 5.15. The number of hydrogen-bond acceptors (Lipinski definition) is 2. The highest BCUT2D eigenvalue weighted by atomic mass is 79.9. The van der Waals surface area contributed by atoms with Crippen LogP contribution in [0.4, 0.5) is 13.2 Å². The number of aromatic nitrogens is 1. The molecule has 82 valence electrons. The molecule has 0 spiro atoms. The monoisotopic (exact) mass is 281 g/mol. The van der Waals surface area contributed by atoms with E-state index in [9.17, 15) is 13.2 Å². The average Bonchev–Trinajstić information content (AvgIpc) is 2.90. The number of pyridine rings is 1. The van der Waals surface area contributed by atoms with Crippen LogP contribution in [0.5, 0.6) is 5.75 Å². The molecule has 0 aromatic carbocycles. The number of hydrogen-bond donors (Lipinski definition) is 0. The Morgan fingerprint density at radius 3 is 2.53 bits per heavy atom. The highest BCUT2D eigenvalue weighted by molar-refractivity contribution is 9.10. The van der Waals surface area contributed by atoms with Gasteiger partial charge in [-0.25, -0.2) is 4.98 Å². The lowest BCUT2D eigenvalue weighted by Gasteiger charge is -2.09. The van der Waals surface area contributed by atoms with Crippen molar-refractivity contribution < 1.29 is 17.9 Å². The van der Waals surface area contributed by atoms with Gasteiger partial charge in [0.25, 0.3) is 0 Å². The van der Waals surface area contributed by atoms with Gasteiger partial charge in [0.2, 0.25) is 0 Å². The summed E-state index contributed by atoms with van der Waals surface area (Å²) in [6.45, 7) is 0. The zero-order chi connectivity index (χ0) is 11.1. The summed E-state index contributed by atoms with van der Waals surface area (Å²) in [7, 11) is 0. The van der Waals surface area contributed by atoms with Crippen molar-refractivity contribution in [1.82, 2.24) is 4.98 Å². The second-order valence-corrected chi connectivity index (χ2v) is 4.17. The van der Waals surface area contributed by atoms with Gasteiger partial charge in [-0.15, -0.1) is 0 Å².